The third kappa shape index (κ3) is 2.03. The highest BCUT2D eigenvalue weighted by Crippen LogP contribution is 2.36. The van der Waals surface area contributed by atoms with Crippen LogP contribution in [0.4, 0.5) is 0 Å². The van der Waals surface area contributed by atoms with Gasteiger partial charge in [0.2, 0.25) is 0 Å². The van der Waals surface area contributed by atoms with Crippen LogP contribution in [-0.4, -0.2) is 29.0 Å². The van der Waals surface area contributed by atoms with E-state index in [-0.39, 0.29) is 0 Å². The summed E-state index contributed by atoms with van der Waals surface area (Å²) in [5.41, 5.74) is 0.881. The van der Waals surface area contributed by atoms with Gasteiger partial charge in [-0.05, 0) is 12.1 Å². The molecule has 96 valence electrons. The van der Waals surface area contributed by atoms with Crippen molar-refractivity contribution in [2.45, 2.75) is 13.3 Å². The van der Waals surface area contributed by atoms with E-state index in [1.165, 1.54) is 0 Å². The molecule has 0 radical (unpaired) electrons. The molecule has 2 rings (SSSR count). The first-order valence-corrected chi connectivity index (χ1v) is 5.82. The monoisotopic (exact) mass is 247 g/mol. The Labute approximate surface area is 106 Å². The van der Waals surface area contributed by atoms with Crippen LogP contribution < -0.4 is 9.47 Å². The largest absolute Gasteiger partial charge is 0.493 e. The first kappa shape index (κ1) is 12.4. The van der Waals surface area contributed by atoms with Crippen molar-refractivity contribution in [3.05, 3.63) is 24.0 Å². The number of rotatable bonds is 4. The summed E-state index contributed by atoms with van der Waals surface area (Å²) in [4.78, 5) is 4.50. The van der Waals surface area contributed by atoms with Gasteiger partial charge in [0.15, 0.2) is 23.1 Å². The molecule has 1 heterocycles. The van der Waals surface area contributed by atoms with Crippen molar-refractivity contribution in [2.24, 2.45) is 7.05 Å². The zero-order chi connectivity index (χ0) is 13.1. The smallest absolute Gasteiger partial charge is 0.171 e. The molecule has 2 aromatic rings. The summed E-state index contributed by atoms with van der Waals surface area (Å²) in [6, 6.07) is 5.72. The van der Waals surface area contributed by atoms with Crippen molar-refractivity contribution in [1.82, 2.24) is 14.8 Å². The van der Waals surface area contributed by atoms with Gasteiger partial charge in [0.05, 0.1) is 19.8 Å². The molecule has 0 N–H and O–H groups in total. The number of ether oxygens (including phenoxy) is 2. The molecular weight excluding hydrogens is 230 g/mol. The molecule has 0 fully saturated rings. The molecule has 0 aliphatic rings. The number of para-hydroxylation sites is 1. The van der Waals surface area contributed by atoms with E-state index in [0.717, 1.165) is 23.6 Å². The third-order valence-electron chi connectivity index (χ3n) is 2.77. The standard InChI is InChI=1S/C13H17N3O2/c1-5-11-14-13(16(2)15-11)9-7-6-8-10(17-3)12(9)18-4/h6-8H,5H2,1-4H3. The molecule has 1 aromatic heterocycles. The van der Waals surface area contributed by atoms with Crippen molar-refractivity contribution in [2.75, 3.05) is 14.2 Å². The lowest BCUT2D eigenvalue weighted by molar-refractivity contribution is 0.356. The highest BCUT2D eigenvalue weighted by atomic mass is 16.5. The molecule has 0 atom stereocenters. The lowest BCUT2D eigenvalue weighted by atomic mass is 10.1. The van der Waals surface area contributed by atoms with Crippen molar-refractivity contribution >= 4 is 0 Å². The van der Waals surface area contributed by atoms with E-state index in [1.54, 1.807) is 18.9 Å². The molecule has 0 aliphatic carbocycles. The second kappa shape index (κ2) is 5.08. The van der Waals surface area contributed by atoms with Gasteiger partial charge in [0, 0.05) is 13.5 Å². The number of methoxy groups -OCH3 is 2. The fraction of sp³-hybridized carbons (Fsp3) is 0.385. The Morgan fingerprint density at radius 3 is 2.56 bits per heavy atom. The molecule has 5 nitrogen and oxygen atoms in total. The van der Waals surface area contributed by atoms with Crippen LogP contribution >= 0.6 is 0 Å². The van der Waals surface area contributed by atoms with Crippen LogP contribution in [0.1, 0.15) is 12.7 Å². The molecule has 0 aliphatic heterocycles. The van der Waals surface area contributed by atoms with Gasteiger partial charge in [-0.2, -0.15) is 5.10 Å². The molecule has 0 unspecified atom stereocenters. The predicted molar refractivity (Wildman–Crippen MR) is 68.9 cm³/mol. The highest BCUT2D eigenvalue weighted by Gasteiger charge is 2.16. The van der Waals surface area contributed by atoms with Crippen molar-refractivity contribution in [1.29, 1.82) is 0 Å². The molecule has 1 aromatic carbocycles. The van der Waals surface area contributed by atoms with Crippen molar-refractivity contribution < 1.29 is 9.47 Å². The minimum Gasteiger partial charge on any atom is -0.493 e. The van der Waals surface area contributed by atoms with Gasteiger partial charge in [-0.15, -0.1) is 0 Å². The van der Waals surface area contributed by atoms with Crippen LogP contribution in [0.5, 0.6) is 11.5 Å². The number of aryl methyl sites for hydroxylation is 2. The Bertz CT molecular complexity index is 549. The molecule has 0 amide bonds. The van der Waals surface area contributed by atoms with Gasteiger partial charge in [-0.3, -0.25) is 0 Å². The summed E-state index contributed by atoms with van der Waals surface area (Å²) in [5.74, 6) is 2.97. The average Bonchev–Trinajstić information content (AvgIpc) is 2.78. The van der Waals surface area contributed by atoms with Crippen LogP contribution in [-0.2, 0) is 13.5 Å². The minimum absolute atomic E-state index is 0.679. The summed E-state index contributed by atoms with van der Waals surface area (Å²) in [5, 5.41) is 4.35. The van der Waals surface area contributed by atoms with Crippen molar-refractivity contribution in [3.8, 4) is 22.9 Å². The topological polar surface area (TPSA) is 49.2 Å². The lowest BCUT2D eigenvalue weighted by Gasteiger charge is -2.11. The SMILES string of the molecule is CCc1nc(-c2cccc(OC)c2OC)n(C)n1. The number of hydrogen-bond donors (Lipinski definition) is 0. The van der Waals surface area contributed by atoms with E-state index < -0.39 is 0 Å². The molecular formula is C13H17N3O2. The van der Waals surface area contributed by atoms with Gasteiger partial charge in [0.25, 0.3) is 0 Å². The molecule has 0 spiro atoms. The number of aromatic nitrogens is 3. The van der Waals surface area contributed by atoms with Gasteiger partial charge in [-0.1, -0.05) is 13.0 Å². The summed E-state index contributed by atoms with van der Waals surface area (Å²) in [6.45, 7) is 2.03. The summed E-state index contributed by atoms with van der Waals surface area (Å²) < 4.78 is 12.5. The van der Waals surface area contributed by atoms with E-state index in [1.807, 2.05) is 32.2 Å². The Kier molecular flexibility index (Phi) is 3.50. The molecule has 0 saturated carbocycles. The number of nitrogens with zero attached hydrogens (tertiary/aromatic N) is 3. The Hall–Kier alpha value is -2.04. The fourth-order valence-electron chi connectivity index (χ4n) is 1.88. The van der Waals surface area contributed by atoms with Gasteiger partial charge in [0.1, 0.15) is 0 Å². The quantitative estimate of drug-likeness (QED) is 0.829. The zero-order valence-electron chi connectivity index (χ0n) is 11.1. The van der Waals surface area contributed by atoms with Crippen LogP contribution in [0.3, 0.4) is 0 Å². The highest BCUT2D eigenvalue weighted by molar-refractivity contribution is 5.68. The van der Waals surface area contributed by atoms with Crippen molar-refractivity contribution in [3.63, 3.8) is 0 Å². The van der Waals surface area contributed by atoms with Crippen LogP contribution in [0.25, 0.3) is 11.4 Å². The Balaban J connectivity index is 2.59. The molecule has 0 saturated heterocycles. The fourth-order valence-corrected chi connectivity index (χ4v) is 1.88. The van der Waals surface area contributed by atoms with Gasteiger partial charge in [-0.25, -0.2) is 9.67 Å². The van der Waals surface area contributed by atoms with Crippen LogP contribution in [0, 0.1) is 0 Å². The maximum atomic E-state index is 5.41. The first-order valence-electron chi connectivity index (χ1n) is 5.82. The Morgan fingerprint density at radius 1 is 1.22 bits per heavy atom. The summed E-state index contributed by atoms with van der Waals surface area (Å²) in [7, 11) is 5.12. The van der Waals surface area contributed by atoms with E-state index in [0.29, 0.717) is 11.5 Å². The van der Waals surface area contributed by atoms with E-state index in [4.69, 9.17) is 9.47 Å². The third-order valence-corrected chi connectivity index (χ3v) is 2.77. The predicted octanol–water partition coefficient (Wildman–Crippen LogP) is 2.06. The molecule has 18 heavy (non-hydrogen) atoms. The van der Waals surface area contributed by atoms with Gasteiger partial charge >= 0.3 is 0 Å². The summed E-state index contributed by atoms with van der Waals surface area (Å²) >= 11 is 0. The van der Waals surface area contributed by atoms with Gasteiger partial charge < -0.3 is 9.47 Å². The van der Waals surface area contributed by atoms with Crippen LogP contribution in [0.2, 0.25) is 0 Å². The summed E-state index contributed by atoms with van der Waals surface area (Å²) in [6.07, 6.45) is 0.806. The first-order chi connectivity index (χ1) is 8.71. The van der Waals surface area contributed by atoms with Crippen LogP contribution in [0.15, 0.2) is 18.2 Å². The van der Waals surface area contributed by atoms with E-state index in [2.05, 4.69) is 10.1 Å². The maximum Gasteiger partial charge on any atom is 0.171 e. The molecule has 0 bridgehead atoms. The number of hydrogen-bond acceptors (Lipinski definition) is 4. The second-order valence-electron chi connectivity index (χ2n) is 3.87. The minimum atomic E-state index is 0.679. The Morgan fingerprint density at radius 2 is 2.00 bits per heavy atom. The second-order valence-corrected chi connectivity index (χ2v) is 3.87. The van der Waals surface area contributed by atoms with E-state index >= 15 is 0 Å². The lowest BCUT2D eigenvalue weighted by Crippen LogP contribution is -1.98. The number of benzene rings is 1. The average molecular weight is 247 g/mol. The van der Waals surface area contributed by atoms with E-state index in [9.17, 15) is 0 Å². The normalized spacial score (nSPS) is 10.4. The maximum absolute atomic E-state index is 5.41. The molecule has 5 heteroatoms. The zero-order valence-corrected chi connectivity index (χ0v) is 11.1.